The van der Waals surface area contributed by atoms with E-state index in [-0.39, 0.29) is 22.4 Å². The smallest absolute Gasteiger partial charge is 0.351 e. The number of fused-ring (bicyclic) bond motifs is 1. The number of nitrogens with one attached hydrogen (secondary N) is 1. The summed E-state index contributed by atoms with van der Waals surface area (Å²) in [5, 5.41) is 35.5. The second-order valence-corrected chi connectivity index (χ2v) is 19.4. The maximum atomic E-state index is 13.6. The lowest BCUT2D eigenvalue weighted by atomic mass is 9.98. The van der Waals surface area contributed by atoms with E-state index in [2.05, 4.69) is 16.4 Å². The van der Waals surface area contributed by atoms with Gasteiger partial charge in [0.2, 0.25) is 13.6 Å². The molecular weight excluding hydrogens is 719 g/mol. The van der Waals surface area contributed by atoms with Crippen LogP contribution in [0.2, 0.25) is 5.15 Å². The molecule has 0 aromatic carbocycles. The van der Waals surface area contributed by atoms with Crippen LogP contribution in [0, 0.1) is 22.2 Å². The molecule has 3 heterocycles. The zero-order chi connectivity index (χ0) is 37.2. The molecule has 278 valence electrons. The van der Waals surface area contributed by atoms with E-state index in [4.69, 9.17) is 34.9 Å². The van der Waals surface area contributed by atoms with Crippen molar-refractivity contribution in [2.75, 3.05) is 30.1 Å². The molecule has 19 heteroatoms. The number of esters is 2. The number of nitrogens with zero attached hydrogens (tertiary/aromatic N) is 3. The Morgan fingerprint density at radius 2 is 1.64 bits per heavy atom. The highest BCUT2D eigenvalue weighted by Gasteiger charge is 2.47. The van der Waals surface area contributed by atoms with Gasteiger partial charge in [-0.2, -0.15) is 5.26 Å². The topological polar surface area (TPSA) is 226 Å². The fraction of sp³-hybridized carbons (Fsp3) is 0.677. The van der Waals surface area contributed by atoms with Gasteiger partial charge in [-0.3, -0.25) is 23.2 Å². The first-order chi connectivity index (χ1) is 23.2. The van der Waals surface area contributed by atoms with Crippen LogP contribution in [0.15, 0.2) is 12.3 Å². The number of carbonyl (C=O) groups is 2. The number of ether oxygens (including phenoxy) is 3. The van der Waals surface area contributed by atoms with E-state index in [9.17, 15) is 38.0 Å². The van der Waals surface area contributed by atoms with E-state index in [1.807, 2.05) is 0 Å². The van der Waals surface area contributed by atoms with Crippen LogP contribution in [0.4, 0.5) is 5.69 Å². The largest absolute Gasteiger partial charge is 0.438 e. The Labute approximate surface area is 295 Å². The van der Waals surface area contributed by atoms with Crippen molar-refractivity contribution in [2.24, 2.45) is 10.8 Å². The molecule has 1 aliphatic heterocycles. The van der Waals surface area contributed by atoms with Crippen molar-refractivity contribution >= 4 is 57.7 Å². The number of pyridine rings is 1. The fourth-order valence-electron chi connectivity index (χ4n) is 5.38. The van der Waals surface area contributed by atoms with Crippen LogP contribution < -0.4 is 5.32 Å². The predicted molar refractivity (Wildman–Crippen MR) is 181 cm³/mol. The highest BCUT2D eigenvalue weighted by molar-refractivity contribution is 7.97. The van der Waals surface area contributed by atoms with E-state index in [1.54, 1.807) is 47.6 Å². The summed E-state index contributed by atoms with van der Waals surface area (Å²) in [5.74, 6) is -2.40. The first-order valence-corrected chi connectivity index (χ1v) is 19.9. The Hall–Kier alpha value is -2.81. The van der Waals surface area contributed by atoms with Gasteiger partial charge in [0, 0.05) is 17.6 Å². The molecule has 1 saturated heterocycles. The minimum atomic E-state index is -4.68. The molecule has 0 amide bonds. The average molecular weight is 763 g/mol. The standard InChI is InChI=1S/C31H44ClN4O12PS/c1-30(2,3)28(39)44-15-46-49(41,47-16-45-29(40)31(4,5)6)17-50(42,43)14-21-23(37)24(38)27(48-21)36-12-11-19-22(34-18-9-7-8-10-18)20(13-33)25(32)35-26(19)36/h11-12,18,21,23-24,27,37-38H,7-10,14-17H2,1-6H3,(H,34,35)/t21-,23-,24-,27-/m1/s1. The normalized spacial score (nSPS) is 22.1. The van der Waals surface area contributed by atoms with Crippen molar-refractivity contribution in [3.8, 4) is 6.07 Å². The Morgan fingerprint density at radius 1 is 1.08 bits per heavy atom. The van der Waals surface area contributed by atoms with Crippen LogP contribution in [-0.4, -0.2) is 89.3 Å². The monoisotopic (exact) mass is 762 g/mol. The van der Waals surface area contributed by atoms with Gasteiger partial charge in [0.05, 0.1) is 22.3 Å². The summed E-state index contributed by atoms with van der Waals surface area (Å²) in [7, 11) is -9.17. The third-order valence-electron chi connectivity index (χ3n) is 8.12. The predicted octanol–water partition coefficient (Wildman–Crippen LogP) is 4.23. The zero-order valence-corrected chi connectivity index (χ0v) is 31.2. The number of halogens is 1. The van der Waals surface area contributed by atoms with Crippen molar-refractivity contribution < 1.29 is 56.0 Å². The van der Waals surface area contributed by atoms with E-state index < -0.39 is 89.6 Å². The Kier molecular flexibility index (Phi) is 12.3. The van der Waals surface area contributed by atoms with Gasteiger partial charge in [0.1, 0.15) is 35.6 Å². The second kappa shape index (κ2) is 15.4. The van der Waals surface area contributed by atoms with Gasteiger partial charge in [-0.15, -0.1) is 0 Å². The number of nitriles is 1. The van der Waals surface area contributed by atoms with Crippen LogP contribution in [0.25, 0.3) is 11.0 Å². The van der Waals surface area contributed by atoms with Crippen LogP contribution in [0.5, 0.6) is 0 Å². The molecule has 4 rings (SSSR count). The molecule has 0 unspecified atom stereocenters. The summed E-state index contributed by atoms with van der Waals surface area (Å²) in [4.78, 5) is 28.7. The summed E-state index contributed by atoms with van der Waals surface area (Å²) < 4.78 is 67.9. The van der Waals surface area contributed by atoms with Gasteiger partial charge in [-0.25, -0.2) is 13.4 Å². The molecule has 2 aliphatic rings. The number of aliphatic hydroxyl groups is 2. The Morgan fingerprint density at radius 3 is 2.16 bits per heavy atom. The van der Waals surface area contributed by atoms with Gasteiger partial charge < -0.3 is 34.3 Å². The molecule has 4 atom stereocenters. The van der Waals surface area contributed by atoms with Crippen molar-refractivity contribution in [1.82, 2.24) is 9.55 Å². The Balaban J connectivity index is 1.53. The summed E-state index contributed by atoms with van der Waals surface area (Å²) in [6.07, 6.45) is -0.800. The SMILES string of the molecule is CC(C)(C)C(=O)OCOP(=O)(CS(=O)(=O)C[C@H]1O[C@@H](n2ccc3c(NC4CCCC4)c(C#N)c(Cl)nc32)[C@H](O)[C@@H]1O)OCOC(=O)C(C)(C)C. The minimum Gasteiger partial charge on any atom is -0.438 e. The van der Waals surface area contributed by atoms with E-state index >= 15 is 0 Å². The first kappa shape index (κ1) is 40.0. The fourth-order valence-corrected chi connectivity index (χ4v) is 9.82. The molecule has 16 nitrogen and oxygen atoms in total. The number of hydrogen-bond acceptors (Lipinski definition) is 15. The maximum absolute atomic E-state index is 13.6. The molecule has 1 saturated carbocycles. The van der Waals surface area contributed by atoms with Gasteiger partial charge in [0.15, 0.2) is 26.7 Å². The van der Waals surface area contributed by atoms with Gasteiger partial charge in [0.25, 0.3) is 0 Å². The molecule has 2 aromatic rings. The quantitative estimate of drug-likeness (QED) is 0.112. The van der Waals surface area contributed by atoms with E-state index in [0.717, 1.165) is 25.7 Å². The van der Waals surface area contributed by atoms with Crippen molar-refractivity contribution in [3.63, 3.8) is 0 Å². The lowest BCUT2D eigenvalue weighted by molar-refractivity contribution is -0.161. The summed E-state index contributed by atoms with van der Waals surface area (Å²) in [6, 6.07) is 3.85. The molecule has 0 radical (unpaired) electrons. The van der Waals surface area contributed by atoms with Crippen molar-refractivity contribution in [2.45, 2.75) is 97.8 Å². The maximum Gasteiger partial charge on any atom is 0.351 e. The number of sulfone groups is 1. The number of carbonyl (C=O) groups excluding carboxylic acids is 2. The number of aromatic nitrogens is 2. The number of anilines is 1. The second-order valence-electron chi connectivity index (χ2n) is 14.4. The number of aliphatic hydroxyl groups excluding tert-OH is 2. The van der Waals surface area contributed by atoms with Gasteiger partial charge in [-0.05, 0) is 60.5 Å². The molecular formula is C31H44ClN4O12PS. The summed E-state index contributed by atoms with van der Waals surface area (Å²) >= 11 is 6.40. The highest BCUT2D eigenvalue weighted by Crippen LogP contribution is 2.50. The molecule has 2 aromatic heterocycles. The highest BCUT2D eigenvalue weighted by atomic mass is 35.5. The number of hydrogen-bond donors (Lipinski definition) is 3. The number of rotatable bonds is 13. The van der Waals surface area contributed by atoms with Crippen LogP contribution in [0.1, 0.15) is 79.0 Å². The molecule has 0 spiro atoms. The van der Waals surface area contributed by atoms with E-state index in [0.29, 0.717) is 11.1 Å². The zero-order valence-electron chi connectivity index (χ0n) is 28.8. The van der Waals surface area contributed by atoms with Crippen molar-refractivity contribution in [1.29, 1.82) is 5.26 Å². The summed E-state index contributed by atoms with van der Waals surface area (Å²) in [5.41, 5.74) is -2.34. The van der Waals surface area contributed by atoms with Crippen LogP contribution >= 0.6 is 19.2 Å². The van der Waals surface area contributed by atoms with Crippen molar-refractivity contribution in [3.05, 3.63) is 23.0 Å². The lowest BCUT2D eigenvalue weighted by Gasteiger charge is -2.22. The minimum absolute atomic E-state index is 0.0929. The third-order valence-corrected chi connectivity index (χ3v) is 13.1. The summed E-state index contributed by atoms with van der Waals surface area (Å²) in [6.45, 7) is 7.52. The molecule has 50 heavy (non-hydrogen) atoms. The van der Waals surface area contributed by atoms with Gasteiger partial charge >= 0.3 is 19.5 Å². The third kappa shape index (κ3) is 9.54. The van der Waals surface area contributed by atoms with Gasteiger partial charge in [-0.1, -0.05) is 24.4 Å². The molecule has 1 aliphatic carbocycles. The Bertz CT molecular complexity index is 1740. The molecule has 0 bridgehead atoms. The lowest BCUT2D eigenvalue weighted by Crippen LogP contribution is -2.36. The molecule has 3 N–H and O–H groups in total. The average Bonchev–Trinajstić information content (AvgIpc) is 3.72. The van der Waals surface area contributed by atoms with E-state index in [1.165, 1.54) is 10.8 Å². The van der Waals surface area contributed by atoms with Crippen LogP contribution in [-0.2, 0) is 47.2 Å². The first-order valence-electron chi connectivity index (χ1n) is 16.0. The molecule has 2 fully saturated rings. The van der Waals surface area contributed by atoms with Crippen LogP contribution in [0.3, 0.4) is 0 Å².